The second-order valence-electron chi connectivity index (χ2n) is 3.94. The Bertz CT molecular complexity index is 491. The summed E-state index contributed by atoms with van der Waals surface area (Å²) in [6.45, 7) is 0.697. The average Bonchev–Trinajstić information content (AvgIpc) is 2.36. The van der Waals surface area contributed by atoms with Gasteiger partial charge in [-0.25, -0.2) is 4.79 Å². The third-order valence-corrected chi connectivity index (χ3v) is 2.86. The molecule has 0 bridgehead atoms. The van der Waals surface area contributed by atoms with Crippen LogP contribution >= 0.6 is 0 Å². The molecule has 0 atom stereocenters. The van der Waals surface area contributed by atoms with Gasteiger partial charge < -0.3 is 19.9 Å². The number of benzene rings is 1. The molecule has 0 unspecified atom stereocenters. The number of ether oxygens (including phenoxy) is 2. The van der Waals surface area contributed by atoms with E-state index in [1.807, 2.05) is 6.07 Å². The quantitative estimate of drug-likeness (QED) is 0.790. The second kappa shape index (κ2) is 5.00. The number of hydrogen-bond donors (Lipinski definition) is 2. The monoisotopic (exact) mass is 249 g/mol. The normalized spacial score (nSPS) is 15.8. The van der Waals surface area contributed by atoms with E-state index in [0.717, 1.165) is 23.6 Å². The van der Waals surface area contributed by atoms with Crippen molar-refractivity contribution in [2.75, 3.05) is 20.8 Å². The number of fused-ring (bicyclic) bond motifs is 1. The predicted octanol–water partition coefficient (Wildman–Crippen LogP) is 1.27. The van der Waals surface area contributed by atoms with Crippen LogP contribution in [0.15, 0.2) is 18.2 Å². The Hall–Kier alpha value is -2.17. The molecule has 5 nitrogen and oxygen atoms in total. The zero-order valence-electron chi connectivity index (χ0n) is 10.3. The Kier molecular flexibility index (Phi) is 3.41. The molecule has 0 aliphatic carbocycles. The Morgan fingerprint density at radius 2 is 2.17 bits per heavy atom. The van der Waals surface area contributed by atoms with E-state index in [1.165, 1.54) is 0 Å². The lowest BCUT2D eigenvalue weighted by Gasteiger charge is -2.23. The van der Waals surface area contributed by atoms with Crippen LogP contribution in [0.3, 0.4) is 0 Å². The maximum Gasteiger partial charge on any atom is 0.330 e. The first-order chi connectivity index (χ1) is 8.65. The Morgan fingerprint density at radius 3 is 2.78 bits per heavy atom. The summed E-state index contributed by atoms with van der Waals surface area (Å²) < 4.78 is 10.5. The SMILES string of the molecule is COc1cc2c(c(OC)c1)/C(=C/C(=O)O)NCC2. The third-order valence-electron chi connectivity index (χ3n) is 2.86. The van der Waals surface area contributed by atoms with Gasteiger partial charge in [-0.3, -0.25) is 0 Å². The van der Waals surface area contributed by atoms with Crippen molar-refractivity contribution in [3.63, 3.8) is 0 Å². The van der Waals surface area contributed by atoms with E-state index < -0.39 is 5.97 Å². The number of carboxylic acid groups (broad SMARTS) is 1. The summed E-state index contributed by atoms with van der Waals surface area (Å²) in [5.41, 5.74) is 2.40. The van der Waals surface area contributed by atoms with Crippen molar-refractivity contribution in [1.82, 2.24) is 5.32 Å². The summed E-state index contributed by atoms with van der Waals surface area (Å²) in [5.74, 6) is 0.342. The summed E-state index contributed by atoms with van der Waals surface area (Å²) in [4.78, 5) is 10.8. The average molecular weight is 249 g/mol. The van der Waals surface area contributed by atoms with E-state index in [-0.39, 0.29) is 0 Å². The van der Waals surface area contributed by atoms with Crippen molar-refractivity contribution in [2.45, 2.75) is 6.42 Å². The van der Waals surface area contributed by atoms with Gasteiger partial charge in [-0.15, -0.1) is 0 Å². The topological polar surface area (TPSA) is 67.8 Å². The first-order valence-corrected chi connectivity index (χ1v) is 5.59. The van der Waals surface area contributed by atoms with Crippen LogP contribution in [-0.2, 0) is 11.2 Å². The number of methoxy groups -OCH3 is 2. The molecule has 0 saturated heterocycles. The number of carboxylic acids is 1. The molecule has 0 spiro atoms. The number of aliphatic carboxylic acids is 1. The lowest BCUT2D eigenvalue weighted by Crippen LogP contribution is -2.24. The lowest BCUT2D eigenvalue weighted by atomic mass is 9.96. The van der Waals surface area contributed by atoms with E-state index in [0.29, 0.717) is 23.7 Å². The molecule has 2 rings (SSSR count). The fourth-order valence-electron chi connectivity index (χ4n) is 2.09. The van der Waals surface area contributed by atoms with Crippen LogP contribution in [0.25, 0.3) is 5.70 Å². The van der Waals surface area contributed by atoms with Crippen LogP contribution < -0.4 is 14.8 Å². The van der Waals surface area contributed by atoms with Gasteiger partial charge in [0.1, 0.15) is 11.5 Å². The zero-order valence-corrected chi connectivity index (χ0v) is 10.3. The van der Waals surface area contributed by atoms with Crippen LogP contribution in [0.4, 0.5) is 0 Å². The van der Waals surface area contributed by atoms with Gasteiger partial charge in [0.05, 0.1) is 19.9 Å². The van der Waals surface area contributed by atoms with E-state index in [4.69, 9.17) is 14.6 Å². The first-order valence-electron chi connectivity index (χ1n) is 5.59. The van der Waals surface area contributed by atoms with Crippen molar-refractivity contribution in [3.8, 4) is 11.5 Å². The molecule has 0 radical (unpaired) electrons. The molecule has 0 aromatic heterocycles. The predicted molar refractivity (Wildman–Crippen MR) is 66.9 cm³/mol. The molecule has 1 heterocycles. The summed E-state index contributed by atoms with van der Waals surface area (Å²) >= 11 is 0. The van der Waals surface area contributed by atoms with Crippen molar-refractivity contribution in [3.05, 3.63) is 29.3 Å². The van der Waals surface area contributed by atoms with Crippen LogP contribution in [0, 0.1) is 0 Å². The molecule has 1 aliphatic rings. The number of hydrogen-bond acceptors (Lipinski definition) is 4. The number of carbonyl (C=O) groups is 1. The minimum absolute atomic E-state index is 0.572. The molecule has 0 fully saturated rings. The van der Waals surface area contributed by atoms with Gasteiger partial charge in [-0.1, -0.05) is 0 Å². The van der Waals surface area contributed by atoms with Crippen LogP contribution in [0.1, 0.15) is 11.1 Å². The Balaban J connectivity index is 2.58. The van der Waals surface area contributed by atoms with Gasteiger partial charge in [0, 0.05) is 24.3 Å². The van der Waals surface area contributed by atoms with Crippen LogP contribution in [0.2, 0.25) is 0 Å². The molecular weight excluding hydrogens is 234 g/mol. The van der Waals surface area contributed by atoms with Gasteiger partial charge in [0.15, 0.2) is 0 Å². The minimum atomic E-state index is -0.983. The summed E-state index contributed by atoms with van der Waals surface area (Å²) in [6, 6.07) is 3.66. The fraction of sp³-hybridized carbons (Fsp3) is 0.308. The Morgan fingerprint density at radius 1 is 1.39 bits per heavy atom. The molecule has 96 valence electrons. The van der Waals surface area contributed by atoms with E-state index in [9.17, 15) is 4.79 Å². The van der Waals surface area contributed by atoms with Crippen molar-refractivity contribution in [1.29, 1.82) is 0 Å². The maximum atomic E-state index is 10.8. The molecule has 5 heteroatoms. The van der Waals surface area contributed by atoms with Gasteiger partial charge in [-0.05, 0) is 18.1 Å². The minimum Gasteiger partial charge on any atom is -0.497 e. The molecular formula is C13H15NO4. The summed E-state index contributed by atoms with van der Waals surface area (Å²) in [5, 5.41) is 12.0. The van der Waals surface area contributed by atoms with Crippen LogP contribution in [0.5, 0.6) is 11.5 Å². The van der Waals surface area contributed by atoms with Crippen molar-refractivity contribution >= 4 is 11.7 Å². The van der Waals surface area contributed by atoms with Gasteiger partial charge in [0.2, 0.25) is 0 Å². The highest BCUT2D eigenvalue weighted by Gasteiger charge is 2.20. The Labute approximate surface area is 105 Å². The third kappa shape index (κ3) is 2.25. The molecule has 1 aromatic carbocycles. The van der Waals surface area contributed by atoms with Crippen molar-refractivity contribution < 1.29 is 19.4 Å². The van der Waals surface area contributed by atoms with Crippen LogP contribution in [-0.4, -0.2) is 31.8 Å². The molecule has 2 N–H and O–H groups in total. The zero-order chi connectivity index (χ0) is 13.1. The maximum absolute atomic E-state index is 10.8. The number of rotatable bonds is 3. The van der Waals surface area contributed by atoms with E-state index in [1.54, 1.807) is 20.3 Å². The van der Waals surface area contributed by atoms with E-state index >= 15 is 0 Å². The van der Waals surface area contributed by atoms with Gasteiger partial charge >= 0.3 is 5.97 Å². The lowest BCUT2D eigenvalue weighted by molar-refractivity contribution is -0.131. The number of nitrogens with one attached hydrogen (secondary N) is 1. The highest BCUT2D eigenvalue weighted by atomic mass is 16.5. The highest BCUT2D eigenvalue weighted by Crippen LogP contribution is 2.35. The van der Waals surface area contributed by atoms with Crippen molar-refractivity contribution in [2.24, 2.45) is 0 Å². The summed E-state index contributed by atoms with van der Waals surface area (Å²) in [6.07, 6.45) is 1.97. The molecule has 1 aliphatic heterocycles. The molecule has 0 amide bonds. The fourth-order valence-corrected chi connectivity index (χ4v) is 2.09. The van der Waals surface area contributed by atoms with Gasteiger partial charge in [-0.2, -0.15) is 0 Å². The molecule has 1 aromatic rings. The second-order valence-corrected chi connectivity index (χ2v) is 3.94. The first kappa shape index (κ1) is 12.3. The largest absolute Gasteiger partial charge is 0.497 e. The standard InChI is InChI=1S/C13H15NO4/c1-17-9-5-8-3-4-14-10(7-12(15)16)13(8)11(6-9)18-2/h5-7,14H,3-4H2,1-2H3,(H,15,16)/b10-7-. The van der Waals surface area contributed by atoms with Gasteiger partial charge in [0.25, 0.3) is 0 Å². The highest BCUT2D eigenvalue weighted by molar-refractivity contribution is 5.91. The van der Waals surface area contributed by atoms with E-state index in [2.05, 4.69) is 5.32 Å². The smallest absolute Gasteiger partial charge is 0.330 e. The summed E-state index contributed by atoms with van der Waals surface area (Å²) in [7, 11) is 3.15. The molecule has 0 saturated carbocycles. The molecule has 18 heavy (non-hydrogen) atoms.